The monoisotopic (exact) mass is 579 g/mol. The van der Waals surface area contributed by atoms with Gasteiger partial charge in [-0.15, -0.1) is 0 Å². The number of nitrogens with two attached hydrogens (primary N) is 1. The van der Waals surface area contributed by atoms with Gasteiger partial charge >= 0.3 is 0 Å². The first kappa shape index (κ1) is 29.1. The third-order valence-electron chi connectivity index (χ3n) is 7.39. The second-order valence-electron chi connectivity index (χ2n) is 9.67. The molecule has 1 atom stereocenters. The molecule has 13 heteroatoms. The molecule has 2 saturated heterocycles. The van der Waals surface area contributed by atoms with Crippen LogP contribution in [0.3, 0.4) is 0 Å². The second kappa shape index (κ2) is 13.0. The quantitative estimate of drug-likeness (QED) is 0.430. The first-order valence-corrected chi connectivity index (χ1v) is 13.9. The lowest BCUT2D eigenvalue weighted by atomic mass is 9.97. The lowest BCUT2D eigenvalue weighted by Gasteiger charge is -2.47. The average Bonchev–Trinajstić information content (AvgIpc) is 2.96. The molecule has 4 rings (SSSR count). The number of aromatic nitrogens is 2. The van der Waals surface area contributed by atoms with Gasteiger partial charge in [0.2, 0.25) is 0 Å². The molecular formula is C26H35Cl2N7O4. The maximum Gasteiger partial charge on any atom is 0.273 e. The van der Waals surface area contributed by atoms with Gasteiger partial charge in [-0.2, -0.15) is 0 Å². The molecule has 3 heterocycles. The molecule has 4 N–H and O–H groups in total. The van der Waals surface area contributed by atoms with Crippen molar-refractivity contribution >= 4 is 46.7 Å². The highest BCUT2D eigenvalue weighted by Crippen LogP contribution is 2.31. The number of hydrogen-bond donors (Lipinski definition) is 3. The number of anilines is 2. The summed E-state index contributed by atoms with van der Waals surface area (Å²) < 4.78 is 5.38. The first-order chi connectivity index (χ1) is 18.8. The third kappa shape index (κ3) is 6.49. The largest absolute Gasteiger partial charge is 0.496 e. The molecule has 1 aromatic heterocycles. The lowest BCUT2D eigenvalue weighted by Crippen LogP contribution is -2.58. The molecule has 2 fully saturated rings. The predicted molar refractivity (Wildman–Crippen MR) is 151 cm³/mol. The number of methoxy groups -OCH3 is 1. The summed E-state index contributed by atoms with van der Waals surface area (Å²) >= 11 is 12.5. The zero-order valence-electron chi connectivity index (χ0n) is 22.2. The summed E-state index contributed by atoms with van der Waals surface area (Å²) in [6.07, 6.45) is 2.69. The Morgan fingerprint density at radius 3 is 2.59 bits per heavy atom. The molecule has 2 aromatic rings. The Hall–Kier alpha value is -2.86. The van der Waals surface area contributed by atoms with Gasteiger partial charge in [0.1, 0.15) is 5.75 Å². The van der Waals surface area contributed by atoms with Crippen LogP contribution in [-0.4, -0.2) is 102 Å². The topological polar surface area (TPSA) is 137 Å². The molecule has 2 aliphatic rings. The van der Waals surface area contributed by atoms with E-state index in [1.54, 1.807) is 18.2 Å². The third-order valence-corrected chi connectivity index (χ3v) is 7.88. The SMILES string of the molecule is CC[C@H]1CN(c2nc(N)c(C(=O)NCCO)nc2Cl)CCN1C1CCN(C(=O)c2ccc(Cl)cc2OC)CC1. The molecule has 2 aliphatic heterocycles. The van der Waals surface area contributed by atoms with Gasteiger partial charge in [0.15, 0.2) is 22.5 Å². The van der Waals surface area contributed by atoms with E-state index in [2.05, 4.69) is 32.0 Å². The standard InChI is InChI=1S/C26H35Cl2N7O4/c1-3-17-15-34(24-22(28)31-21(23(29)32-24)25(37)30-8-13-36)11-12-35(17)18-6-9-33(10-7-18)26(38)19-5-4-16(27)14-20(19)39-2/h4-5,14,17-18,36H,3,6-13,15H2,1-2H3,(H2,29,32)(H,30,37)/t17-/m0/s1. The minimum atomic E-state index is -0.530. The molecule has 0 radical (unpaired) electrons. The van der Waals surface area contributed by atoms with E-state index in [0.29, 0.717) is 54.4 Å². The van der Waals surface area contributed by atoms with Crippen LogP contribution in [0.2, 0.25) is 10.2 Å². The van der Waals surface area contributed by atoms with Crippen LogP contribution in [0.25, 0.3) is 0 Å². The Morgan fingerprint density at radius 1 is 1.18 bits per heavy atom. The lowest BCUT2D eigenvalue weighted by molar-refractivity contribution is 0.0488. The summed E-state index contributed by atoms with van der Waals surface area (Å²) in [5, 5.41) is 12.1. The first-order valence-electron chi connectivity index (χ1n) is 13.1. The van der Waals surface area contributed by atoms with Gasteiger partial charge in [0.05, 0.1) is 19.3 Å². The highest BCUT2D eigenvalue weighted by molar-refractivity contribution is 6.32. The van der Waals surface area contributed by atoms with Crippen LogP contribution in [0.1, 0.15) is 47.0 Å². The number of rotatable bonds is 8. The summed E-state index contributed by atoms with van der Waals surface area (Å²) in [6.45, 7) is 5.56. The number of nitrogens with zero attached hydrogens (tertiary/aromatic N) is 5. The van der Waals surface area contributed by atoms with E-state index in [-0.39, 0.29) is 41.8 Å². The number of likely N-dealkylation sites (tertiary alicyclic amines) is 1. The number of nitrogens with one attached hydrogen (secondary N) is 1. The summed E-state index contributed by atoms with van der Waals surface area (Å²) in [5.41, 5.74) is 6.51. The van der Waals surface area contributed by atoms with Crippen molar-refractivity contribution in [1.82, 2.24) is 25.1 Å². The van der Waals surface area contributed by atoms with E-state index >= 15 is 0 Å². The Morgan fingerprint density at radius 2 is 1.92 bits per heavy atom. The zero-order chi connectivity index (χ0) is 28.1. The number of piperazine rings is 1. The Balaban J connectivity index is 1.39. The number of aliphatic hydroxyl groups is 1. The number of carbonyl (C=O) groups excluding carboxylic acids is 2. The van der Waals surface area contributed by atoms with Crippen molar-refractivity contribution in [3.8, 4) is 5.75 Å². The maximum absolute atomic E-state index is 13.2. The molecule has 212 valence electrons. The number of ether oxygens (including phenoxy) is 1. The number of halogens is 2. The fraction of sp³-hybridized carbons (Fsp3) is 0.538. The molecule has 0 spiro atoms. The van der Waals surface area contributed by atoms with Gasteiger partial charge in [0.25, 0.3) is 11.8 Å². The molecule has 11 nitrogen and oxygen atoms in total. The maximum atomic E-state index is 13.2. The Kier molecular flexibility index (Phi) is 9.71. The van der Waals surface area contributed by atoms with Crippen molar-refractivity contribution in [3.63, 3.8) is 0 Å². The fourth-order valence-electron chi connectivity index (χ4n) is 5.36. The zero-order valence-corrected chi connectivity index (χ0v) is 23.7. The molecule has 0 aliphatic carbocycles. The normalized spacial score (nSPS) is 18.7. The van der Waals surface area contributed by atoms with E-state index < -0.39 is 5.91 Å². The number of piperidine rings is 1. The smallest absolute Gasteiger partial charge is 0.273 e. The highest BCUT2D eigenvalue weighted by atomic mass is 35.5. The fourth-order valence-corrected chi connectivity index (χ4v) is 5.77. The van der Waals surface area contributed by atoms with Crippen molar-refractivity contribution in [3.05, 3.63) is 39.6 Å². The van der Waals surface area contributed by atoms with Gasteiger partial charge in [-0.05, 0) is 37.5 Å². The second-order valence-corrected chi connectivity index (χ2v) is 10.5. The van der Waals surface area contributed by atoms with E-state index in [1.807, 2.05) is 4.90 Å². The summed E-state index contributed by atoms with van der Waals surface area (Å²) in [7, 11) is 1.54. The predicted octanol–water partition coefficient (Wildman–Crippen LogP) is 2.30. The number of carbonyl (C=O) groups is 2. The van der Waals surface area contributed by atoms with E-state index in [1.165, 1.54) is 7.11 Å². The van der Waals surface area contributed by atoms with Crippen molar-refractivity contribution in [2.24, 2.45) is 0 Å². The minimum Gasteiger partial charge on any atom is -0.496 e. The molecular weight excluding hydrogens is 545 g/mol. The van der Waals surface area contributed by atoms with Crippen LogP contribution in [0.4, 0.5) is 11.6 Å². The number of amides is 2. The van der Waals surface area contributed by atoms with E-state index in [9.17, 15) is 9.59 Å². The molecule has 2 amide bonds. The van der Waals surface area contributed by atoms with Gasteiger partial charge < -0.3 is 30.7 Å². The van der Waals surface area contributed by atoms with E-state index in [0.717, 1.165) is 25.8 Å². The summed E-state index contributed by atoms with van der Waals surface area (Å²) in [5.74, 6) is 0.368. The summed E-state index contributed by atoms with van der Waals surface area (Å²) in [4.78, 5) is 40.5. The number of nitrogen functional groups attached to an aromatic ring is 1. The van der Waals surface area contributed by atoms with Crippen LogP contribution in [-0.2, 0) is 0 Å². The van der Waals surface area contributed by atoms with Crippen molar-refractivity contribution in [2.45, 2.75) is 38.3 Å². The van der Waals surface area contributed by atoms with Crippen LogP contribution >= 0.6 is 23.2 Å². The minimum absolute atomic E-state index is 0.00493. The molecule has 39 heavy (non-hydrogen) atoms. The van der Waals surface area contributed by atoms with Crippen molar-refractivity contribution in [2.75, 3.05) is 63.6 Å². The molecule has 1 aromatic carbocycles. The van der Waals surface area contributed by atoms with Gasteiger partial charge in [-0.3, -0.25) is 14.5 Å². The number of benzene rings is 1. The number of aliphatic hydroxyl groups excluding tert-OH is 1. The Labute approximate surface area is 238 Å². The van der Waals surface area contributed by atoms with Gasteiger partial charge in [0, 0.05) is 56.4 Å². The van der Waals surface area contributed by atoms with E-state index in [4.69, 9.17) is 38.8 Å². The Bertz CT molecular complexity index is 1190. The highest BCUT2D eigenvalue weighted by Gasteiger charge is 2.35. The average molecular weight is 581 g/mol. The number of hydrogen-bond acceptors (Lipinski definition) is 9. The van der Waals surface area contributed by atoms with Crippen LogP contribution in [0, 0.1) is 0 Å². The molecule has 0 bridgehead atoms. The van der Waals surface area contributed by atoms with Crippen LogP contribution in [0.15, 0.2) is 18.2 Å². The van der Waals surface area contributed by atoms with Crippen molar-refractivity contribution < 1.29 is 19.4 Å². The van der Waals surface area contributed by atoms with Crippen molar-refractivity contribution in [1.29, 1.82) is 0 Å². The summed E-state index contributed by atoms with van der Waals surface area (Å²) in [6, 6.07) is 5.71. The van der Waals surface area contributed by atoms with Crippen LogP contribution < -0.4 is 20.7 Å². The van der Waals surface area contributed by atoms with Gasteiger partial charge in [-0.25, -0.2) is 9.97 Å². The van der Waals surface area contributed by atoms with Crippen LogP contribution in [0.5, 0.6) is 5.75 Å². The molecule has 0 saturated carbocycles. The van der Waals surface area contributed by atoms with Gasteiger partial charge in [-0.1, -0.05) is 30.1 Å². The molecule has 0 unspecified atom stereocenters.